The maximum Gasteiger partial charge on any atom is 0.239 e. The Hall–Kier alpha value is -1.66. The average molecular weight is 404 g/mol. The van der Waals surface area contributed by atoms with Gasteiger partial charge in [-0.15, -0.1) is 0 Å². The minimum atomic E-state index is -0.437. The van der Waals surface area contributed by atoms with E-state index in [-0.39, 0.29) is 34.1 Å². The van der Waals surface area contributed by atoms with Crippen LogP contribution in [-0.4, -0.2) is 48.0 Å². The lowest BCUT2D eigenvalue weighted by molar-refractivity contribution is -0.136. The van der Waals surface area contributed by atoms with Crippen LogP contribution in [0, 0.1) is 11.8 Å². The first-order valence-electron chi connectivity index (χ1n) is 10.3. The van der Waals surface area contributed by atoms with Gasteiger partial charge in [0.1, 0.15) is 0 Å². The molecule has 3 rings (SSSR count). The number of anilines is 1. The van der Waals surface area contributed by atoms with E-state index < -0.39 is 6.04 Å². The molecule has 0 saturated heterocycles. The summed E-state index contributed by atoms with van der Waals surface area (Å²) < 4.78 is 0. The molecular weight excluding hydrogens is 370 g/mol. The number of nitrogens with two attached hydrogens (primary N) is 1. The van der Waals surface area contributed by atoms with E-state index in [4.69, 9.17) is 5.73 Å². The molecule has 2 aliphatic carbocycles. The van der Waals surface area contributed by atoms with Crippen molar-refractivity contribution in [3.8, 4) is 0 Å². The van der Waals surface area contributed by atoms with Crippen molar-refractivity contribution in [1.82, 2.24) is 4.90 Å². The second kappa shape index (κ2) is 9.23. The molecular formula is C22H33N3O2S. The first-order valence-corrected chi connectivity index (χ1v) is 12.1. The highest BCUT2D eigenvalue weighted by molar-refractivity contribution is 8.13. The molecule has 6 heteroatoms. The van der Waals surface area contributed by atoms with E-state index in [0.717, 1.165) is 44.2 Å². The van der Waals surface area contributed by atoms with Gasteiger partial charge in [0.05, 0.1) is 6.04 Å². The Labute approximate surface area is 171 Å². The van der Waals surface area contributed by atoms with E-state index in [1.165, 1.54) is 11.3 Å². The number of likely N-dealkylation sites (N-methyl/N-ethyl adjacent to an activating group) is 1. The Morgan fingerprint density at radius 1 is 1.14 bits per heavy atom. The molecule has 1 unspecified atom stereocenters. The minimum absolute atomic E-state index is 0.00349. The number of rotatable bonds is 6. The summed E-state index contributed by atoms with van der Waals surface area (Å²) in [6.07, 6.45) is 8.72. The van der Waals surface area contributed by atoms with Gasteiger partial charge < -0.3 is 16.0 Å². The Morgan fingerprint density at radius 3 is 2.25 bits per heavy atom. The van der Waals surface area contributed by atoms with Crippen molar-refractivity contribution >= 4 is 33.9 Å². The van der Waals surface area contributed by atoms with E-state index in [1.54, 1.807) is 0 Å². The Bertz CT molecular complexity index is 722. The summed E-state index contributed by atoms with van der Waals surface area (Å²) in [5.74, 6) is 4.35. The minimum Gasteiger partial charge on any atom is -0.341 e. The molecule has 0 spiro atoms. The van der Waals surface area contributed by atoms with Crippen molar-refractivity contribution in [2.45, 2.75) is 61.9 Å². The predicted octanol–water partition coefficient (Wildman–Crippen LogP) is 3.46. The lowest BCUT2D eigenvalue weighted by Gasteiger charge is -2.38. The lowest BCUT2D eigenvalue weighted by Crippen LogP contribution is -2.52. The van der Waals surface area contributed by atoms with Crippen LogP contribution in [0.3, 0.4) is 0 Å². The topological polar surface area (TPSA) is 75.4 Å². The highest BCUT2D eigenvalue weighted by Crippen LogP contribution is 2.33. The van der Waals surface area contributed by atoms with Crippen LogP contribution >= 0.6 is 10.5 Å². The smallest absolute Gasteiger partial charge is 0.239 e. The van der Waals surface area contributed by atoms with Crippen molar-refractivity contribution in [2.75, 3.05) is 18.6 Å². The van der Waals surface area contributed by atoms with Gasteiger partial charge in [-0.3, -0.25) is 9.59 Å². The van der Waals surface area contributed by atoms with Crippen LogP contribution in [-0.2, 0) is 9.59 Å². The van der Waals surface area contributed by atoms with Crippen molar-refractivity contribution in [3.05, 3.63) is 24.3 Å². The van der Waals surface area contributed by atoms with E-state index >= 15 is 0 Å². The molecule has 2 saturated carbocycles. The van der Waals surface area contributed by atoms with Crippen LogP contribution in [0.25, 0.3) is 0 Å². The normalized spacial score (nSPS) is 24.7. The van der Waals surface area contributed by atoms with E-state index in [1.807, 2.05) is 36.2 Å². The van der Waals surface area contributed by atoms with Crippen molar-refractivity contribution in [1.29, 1.82) is 0 Å². The SMILES string of the molecule is C=S(C)c1ccc(NC(=O)C2CCC([C@H](N)C(=O)N(C)C3CCC3)CC2)cc1. The molecule has 2 amide bonds. The molecule has 0 heterocycles. The van der Waals surface area contributed by atoms with Crippen LogP contribution < -0.4 is 11.1 Å². The molecule has 5 nitrogen and oxygen atoms in total. The third kappa shape index (κ3) is 4.84. The summed E-state index contributed by atoms with van der Waals surface area (Å²) >= 11 is 0. The van der Waals surface area contributed by atoms with Gasteiger partial charge in [-0.25, -0.2) is 0 Å². The number of benzene rings is 1. The van der Waals surface area contributed by atoms with Crippen LogP contribution in [0.5, 0.6) is 0 Å². The molecule has 28 heavy (non-hydrogen) atoms. The number of nitrogens with zero attached hydrogens (tertiary/aromatic N) is 1. The van der Waals surface area contributed by atoms with Gasteiger partial charge >= 0.3 is 0 Å². The number of nitrogens with one attached hydrogen (secondary N) is 1. The molecule has 0 aromatic heterocycles. The quantitative estimate of drug-likeness (QED) is 0.714. The molecule has 2 aliphatic rings. The predicted molar refractivity (Wildman–Crippen MR) is 118 cm³/mol. The molecule has 0 aliphatic heterocycles. The van der Waals surface area contributed by atoms with Crippen LogP contribution in [0.15, 0.2) is 29.2 Å². The zero-order valence-electron chi connectivity index (χ0n) is 17.0. The summed E-state index contributed by atoms with van der Waals surface area (Å²) in [7, 11) is 1.86. The number of amides is 2. The van der Waals surface area contributed by atoms with E-state index in [9.17, 15) is 9.59 Å². The third-order valence-electron chi connectivity index (χ3n) is 6.43. The molecule has 1 aromatic carbocycles. The molecule has 1 aromatic rings. The maximum absolute atomic E-state index is 12.6. The van der Waals surface area contributed by atoms with Crippen molar-refractivity contribution < 1.29 is 9.59 Å². The summed E-state index contributed by atoms with van der Waals surface area (Å²) in [6.45, 7) is 0. The van der Waals surface area contributed by atoms with Gasteiger partial charge in [0, 0.05) is 29.6 Å². The van der Waals surface area contributed by atoms with Crippen molar-refractivity contribution in [3.63, 3.8) is 0 Å². The van der Waals surface area contributed by atoms with Gasteiger partial charge in [-0.1, -0.05) is 5.87 Å². The first-order chi connectivity index (χ1) is 13.4. The zero-order chi connectivity index (χ0) is 20.3. The maximum atomic E-state index is 12.6. The largest absolute Gasteiger partial charge is 0.341 e. The Morgan fingerprint density at radius 2 is 1.75 bits per heavy atom. The fourth-order valence-electron chi connectivity index (χ4n) is 4.15. The Balaban J connectivity index is 1.48. The second-order valence-corrected chi connectivity index (χ2v) is 10.1. The highest BCUT2D eigenvalue weighted by atomic mass is 32.2. The van der Waals surface area contributed by atoms with Gasteiger partial charge in [0.15, 0.2) is 0 Å². The van der Waals surface area contributed by atoms with Gasteiger partial charge in [0.2, 0.25) is 11.8 Å². The molecule has 3 N–H and O–H groups in total. The fraction of sp³-hybridized carbons (Fsp3) is 0.591. The van der Waals surface area contributed by atoms with Crippen molar-refractivity contribution in [2.24, 2.45) is 17.6 Å². The third-order valence-corrected chi connectivity index (χ3v) is 7.51. The summed E-state index contributed by atoms with van der Waals surface area (Å²) in [6, 6.07) is 7.86. The first kappa shape index (κ1) is 21.1. The monoisotopic (exact) mass is 403 g/mol. The number of carbonyl (C=O) groups is 2. The van der Waals surface area contributed by atoms with E-state index in [2.05, 4.69) is 17.4 Å². The number of hydrogen-bond donors (Lipinski definition) is 2. The molecule has 0 radical (unpaired) electrons. The molecule has 154 valence electrons. The van der Waals surface area contributed by atoms with Crippen LogP contribution in [0.2, 0.25) is 0 Å². The number of carbonyl (C=O) groups excluding carboxylic acids is 2. The Kier molecular flexibility index (Phi) is 6.94. The zero-order valence-corrected chi connectivity index (χ0v) is 17.8. The molecule has 2 atom stereocenters. The van der Waals surface area contributed by atoms with Crippen LogP contribution in [0.4, 0.5) is 5.69 Å². The van der Waals surface area contributed by atoms with Gasteiger partial charge in [-0.2, -0.15) is 10.5 Å². The number of hydrogen-bond acceptors (Lipinski definition) is 3. The molecule has 0 bridgehead atoms. The van der Waals surface area contributed by atoms with Crippen LogP contribution in [0.1, 0.15) is 44.9 Å². The fourth-order valence-corrected chi connectivity index (χ4v) is 4.75. The summed E-state index contributed by atoms with van der Waals surface area (Å²) in [4.78, 5) is 28.3. The lowest BCUT2D eigenvalue weighted by atomic mass is 9.77. The van der Waals surface area contributed by atoms with Gasteiger partial charge in [-0.05, 0) is 81.4 Å². The second-order valence-electron chi connectivity index (χ2n) is 8.32. The average Bonchev–Trinajstić information content (AvgIpc) is 2.66. The highest BCUT2D eigenvalue weighted by Gasteiger charge is 2.35. The van der Waals surface area contributed by atoms with Gasteiger partial charge in [0.25, 0.3) is 0 Å². The standard InChI is InChI=1S/C22H33N3O2S/c1-25(18-5-4-6-18)22(27)20(23)15-7-9-16(10-8-15)21(26)24-17-11-13-19(14-12-17)28(2)3/h11-16,18,20H,2,4-10,23H2,1,3H3,(H,24,26)/t15?,16?,20-,28?/m0/s1. The molecule has 2 fully saturated rings. The van der Waals surface area contributed by atoms with E-state index in [0.29, 0.717) is 6.04 Å². The summed E-state index contributed by atoms with van der Waals surface area (Å²) in [5.41, 5.74) is 7.13. The summed E-state index contributed by atoms with van der Waals surface area (Å²) in [5, 5.41) is 3.03.